The van der Waals surface area contributed by atoms with Gasteiger partial charge in [0, 0.05) is 61.1 Å². The molecule has 18 nitrogen and oxygen atoms in total. The number of rotatable bonds is 14. The zero-order valence-corrected chi connectivity index (χ0v) is 37.5. The number of hydrogen-bond acceptors (Lipinski definition) is 14. The number of carbonyl (C=O) groups is 2. The number of nitrogens with zero attached hydrogens (tertiary/aromatic N) is 10. The second kappa shape index (κ2) is 25.2. The Labute approximate surface area is 386 Å². The van der Waals surface area contributed by atoms with Crippen LogP contribution in [-0.4, -0.2) is 63.4 Å². The van der Waals surface area contributed by atoms with Gasteiger partial charge in [0.2, 0.25) is 23.7 Å². The highest BCUT2D eigenvalue weighted by Crippen LogP contribution is 2.19. The number of carbonyl (C=O) groups excluding carboxylic acids is 2. The molecule has 6 aromatic rings. The number of benzene rings is 2. The quantitative estimate of drug-likeness (QED) is 0.0522. The monoisotopic (exact) mass is 1020 g/mol. The van der Waals surface area contributed by atoms with E-state index in [4.69, 9.17) is 27.9 Å². The molecule has 7 N–H and O–H groups in total. The third kappa shape index (κ3) is 16.7. The largest absolute Gasteiger partial charge is 1.00 e. The van der Waals surface area contributed by atoms with Crippen LogP contribution in [0.4, 0.5) is 46.7 Å². The van der Waals surface area contributed by atoms with Crippen molar-refractivity contribution in [2.75, 3.05) is 16.0 Å². The summed E-state index contributed by atoms with van der Waals surface area (Å²) in [5, 5.41) is 40.0. The number of hydrogen-bond donors (Lipinski definition) is 6. The molecular weight excluding hydrogens is 975 g/mol. The van der Waals surface area contributed by atoms with Crippen molar-refractivity contribution in [3.05, 3.63) is 124 Å². The van der Waals surface area contributed by atoms with Gasteiger partial charge in [-0.05, 0) is 64.1 Å². The zero-order chi connectivity index (χ0) is 46.1. The first-order valence-corrected chi connectivity index (χ1v) is 19.1. The first-order chi connectivity index (χ1) is 30.0. The molecule has 0 atom stereocenters. The molecule has 4 aromatic heterocycles. The standard InChI is InChI=1S/C20H20F2N8O.C12H15ClN6O.C8H6F2N2.HI/c1-12(2)27-19(31)11-30-10-14(8-26-30)28-20-24-4-3-18(29-20)25-9-15-16(21)5-13(7-23)6-17(15)22;1-8(2)16-11(20)7-19-6-9(5-15-19)17-12-14-4-3-10(13)18-12;9-7-1-5(3-11)2-8(10)6(7)4-12;/h3-6,8,10,12H,9,11H2,1-2H3,(H,27,31)(H2,24,25,28,29);3-6,8H,7H2,1-2H3,(H,16,20)(H,14,17,18);1-2H,4,12H2;1H/p-1. The molecule has 0 saturated carbocycles. The van der Waals surface area contributed by atoms with Crippen LogP contribution in [0, 0.1) is 45.9 Å². The van der Waals surface area contributed by atoms with E-state index in [1.807, 2.05) is 27.7 Å². The van der Waals surface area contributed by atoms with Crippen LogP contribution in [-0.2, 0) is 35.8 Å². The van der Waals surface area contributed by atoms with E-state index in [0.717, 1.165) is 24.3 Å². The highest BCUT2D eigenvalue weighted by atomic mass is 127. The molecule has 336 valence electrons. The van der Waals surface area contributed by atoms with Gasteiger partial charge >= 0.3 is 0 Å². The minimum atomic E-state index is -0.814. The fourth-order valence-corrected chi connectivity index (χ4v) is 5.25. The van der Waals surface area contributed by atoms with E-state index in [2.05, 4.69) is 56.7 Å². The number of nitrogens with two attached hydrogens (primary N) is 1. The molecule has 6 rings (SSSR count). The number of anilines is 5. The molecule has 0 aliphatic rings. The van der Waals surface area contributed by atoms with Crippen LogP contribution in [0.3, 0.4) is 0 Å². The van der Waals surface area contributed by atoms with E-state index in [1.165, 1.54) is 21.8 Å². The number of nitrogens with one attached hydrogen (secondary N) is 5. The van der Waals surface area contributed by atoms with E-state index in [9.17, 15) is 27.2 Å². The van der Waals surface area contributed by atoms with Gasteiger partial charge in [0.05, 0.1) is 47.0 Å². The summed E-state index contributed by atoms with van der Waals surface area (Å²) in [6.07, 6.45) is 9.47. The lowest BCUT2D eigenvalue weighted by Gasteiger charge is -2.09. The van der Waals surface area contributed by atoms with Crippen molar-refractivity contribution in [3.63, 3.8) is 0 Å². The van der Waals surface area contributed by atoms with Gasteiger partial charge in [-0.3, -0.25) is 19.0 Å². The fourth-order valence-electron chi connectivity index (χ4n) is 5.11. The van der Waals surface area contributed by atoms with Crippen LogP contribution < -0.4 is 56.3 Å². The van der Waals surface area contributed by atoms with E-state index in [-0.39, 0.29) is 102 Å². The summed E-state index contributed by atoms with van der Waals surface area (Å²) < 4.78 is 56.7. The molecule has 0 bridgehead atoms. The van der Waals surface area contributed by atoms with Gasteiger partial charge < -0.3 is 56.3 Å². The molecule has 0 aliphatic heterocycles. The van der Waals surface area contributed by atoms with Crippen LogP contribution in [0.5, 0.6) is 0 Å². The maximum absolute atomic E-state index is 14.0. The highest BCUT2D eigenvalue weighted by molar-refractivity contribution is 6.29. The third-order valence-electron chi connectivity index (χ3n) is 7.76. The van der Waals surface area contributed by atoms with Crippen LogP contribution in [0.1, 0.15) is 49.9 Å². The highest BCUT2D eigenvalue weighted by Gasteiger charge is 2.13. The number of aromatic nitrogens is 8. The molecule has 2 amide bonds. The number of halogens is 6. The van der Waals surface area contributed by atoms with Gasteiger partial charge in [-0.25, -0.2) is 32.5 Å². The molecule has 0 spiro atoms. The summed E-state index contributed by atoms with van der Waals surface area (Å²) >= 11 is 5.77. The molecular formula is C40H41ClF4IN16O2-. The van der Waals surface area contributed by atoms with Crippen molar-refractivity contribution in [1.29, 1.82) is 10.5 Å². The molecule has 2 aromatic carbocycles. The fraction of sp³-hybridized carbons (Fsp3) is 0.250. The van der Waals surface area contributed by atoms with E-state index in [0.29, 0.717) is 28.3 Å². The predicted molar refractivity (Wildman–Crippen MR) is 224 cm³/mol. The Kier molecular flexibility index (Phi) is 20.3. The molecule has 0 saturated heterocycles. The summed E-state index contributed by atoms with van der Waals surface area (Å²) in [7, 11) is 0. The van der Waals surface area contributed by atoms with Gasteiger partial charge in [0.25, 0.3) is 0 Å². The van der Waals surface area contributed by atoms with Gasteiger partial charge in [-0.2, -0.15) is 25.7 Å². The Morgan fingerprint density at radius 2 is 1.17 bits per heavy atom. The van der Waals surface area contributed by atoms with Crippen molar-refractivity contribution in [2.24, 2.45) is 5.73 Å². The van der Waals surface area contributed by atoms with Gasteiger partial charge in [0.15, 0.2) is 0 Å². The summed E-state index contributed by atoms with van der Waals surface area (Å²) in [5.74, 6) is -2.47. The van der Waals surface area contributed by atoms with Gasteiger partial charge in [-0.1, -0.05) is 11.6 Å². The Bertz CT molecular complexity index is 2550. The van der Waals surface area contributed by atoms with Gasteiger partial charge in [-0.15, -0.1) is 0 Å². The molecule has 0 fully saturated rings. The Balaban J connectivity index is 0.000000282. The van der Waals surface area contributed by atoms with Crippen LogP contribution >= 0.6 is 11.6 Å². The van der Waals surface area contributed by atoms with Crippen LogP contribution in [0.25, 0.3) is 0 Å². The maximum Gasteiger partial charge on any atom is 0.241 e. The predicted octanol–water partition coefficient (Wildman–Crippen LogP) is 2.60. The topological polar surface area (TPSA) is 255 Å². The van der Waals surface area contributed by atoms with Gasteiger partial charge in [0.1, 0.15) is 47.3 Å². The van der Waals surface area contributed by atoms with Crippen molar-refractivity contribution in [1.82, 2.24) is 50.1 Å². The van der Waals surface area contributed by atoms with Crippen molar-refractivity contribution in [2.45, 2.75) is 66.0 Å². The summed E-state index contributed by atoms with van der Waals surface area (Å²) in [4.78, 5) is 39.8. The van der Waals surface area contributed by atoms with Crippen molar-refractivity contribution < 1.29 is 51.1 Å². The molecule has 64 heavy (non-hydrogen) atoms. The molecule has 24 heteroatoms. The molecule has 0 radical (unpaired) electrons. The lowest BCUT2D eigenvalue weighted by molar-refractivity contribution is -0.123. The minimum Gasteiger partial charge on any atom is -1.00 e. The molecule has 0 unspecified atom stereocenters. The summed E-state index contributed by atoms with van der Waals surface area (Å²) in [5.41, 5.74) is 5.82. The SMILES string of the molecule is CC(C)NC(=O)Cn1cc(Nc2nccc(Cl)n2)cn1.CC(C)NC(=O)Cn1cc(Nc2nccc(NCc3c(F)cc(C#N)cc3F)n2)cn1.N#Cc1cc(F)c(CN)c(F)c1.[I-]. The average Bonchev–Trinajstić information content (AvgIpc) is 3.85. The zero-order valence-electron chi connectivity index (χ0n) is 34.5. The third-order valence-corrected chi connectivity index (χ3v) is 7.97. The minimum absolute atomic E-state index is 0. The summed E-state index contributed by atoms with van der Waals surface area (Å²) in [6, 6.07) is 10.5. The summed E-state index contributed by atoms with van der Waals surface area (Å²) in [6.45, 7) is 7.42. The molecule has 4 heterocycles. The average molecular weight is 1020 g/mol. The first-order valence-electron chi connectivity index (χ1n) is 18.7. The normalized spacial score (nSPS) is 10.2. The van der Waals surface area contributed by atoms with E-state index >= 15 is 0 Å². The lowest BCUT2D eigenvalue weighted by Crippen LogP contribution is -3.00. The lowest BCUT2D eigenvalue weighted by atomic mass is 10.1. The van der Waals surface area contributed by atoms with Crippen molar-refractivity contribution in [3.8, 4) is 12.1 Å². The Morgan fingerprint density at radius 1 is 0.734 bits per heavy atom. The second-order valence-electron chi connectivity index (χ2n) is 13.6. The Hall–Kier alpha value is -6.96. The van der Waals surface area contributed by atoms with Crippen molar-refractivity contribution >= 4 is 52.5 Å². The smallest absolute Gasteiger partial charge is 0.241 e. The van der Waals surface area contributed by atoms with Crippen LogP contribution in [0.2, 0.25) is 5.15 Å². The second-order valence-corrected chi connectivity index (χ2v) is 14.0. The first kappa shape index (κ1) is 51.4. The number of nitriles is 2. The maximum atomic E-state index is 14.0. The Morgan fingerprint density at radius 3 is 1.59 bits per heavy atom. The number of amides is 2. The molecule has 0 aliphatic carbocycles. The van der Waals surface area contributed by atoms with Crippen LogP contribution in [0.15, 0.2) is 73.6 Å². The van der Waals surface area contributed by atoms with E-state index < -0.39 is 23.3 Å². The van der Waals surface area contributed by atoms with E-state index in [1.54, 1.807) is 49.1 Å².